The number of hydrogen-bond acceptors (Lipinski definition) is 6. The number of carbonyl (C=O) groups is 3. The number of phenolic OH excluding ortho intramolecular Hbond substituents is 1. The number of rotatable bonds is 5. The second-order valence-electron chi connectivity index (χ2n) is 5.47. The Balaban J connectivity index is 1.68. The molecule has 0 saturated heterocycles. The largest absolute Gasteiger partial charge is 0.504 e. The summed E-state index contributed by atoms with van der Waals surface area (Å²) in [5, 5.41) is 11.7. The van der Waals surface area contributed by atoms with Gasteiger partial charge in [0, 0.05) is 0 Å². The maximum atomic E-state index is 12.1. The SMILES string of the molecule is COc1cc(COC(=O)Cc2cccc3c2C(=O)NC3=O)ccc1O. The molecule has 0 fully saturated rings. The summed E-state index contributed by atoms with van der Waals surface area (Å²) in [5.74, 6) is -1.23. The predicted molar refractivity (Wildman–Crippen MR) is 86.4 cm³/mol. The molecule has 0 atom stereocenters. The number of imide groups is 1. The van der Waals surface area contributed by atoms with Gasteiger partial charge in [0.05, 0.1) is 24.7 Å². The van der Waals surface area contributed by atoms with Crippen molar-refractivity contribution in [3.8, 4) is 11.5 Å². The van der Waals surface area contributed by atoms with Crippen molar-refractivity contribution in [3.63, 3.8) is 0 Å². The van der Waals surface area contributed by atoms with Crippen LogP contribution in [0.4, 0.5) is 0 Å². The van der Waals surface area contributed by atoms with Crippen LogP contribution in [0.1, 0.15) is 31.8 Å². The maximum absolute atomic E-state index is 12.1. The Morgan fingerprint density at radius 2 is 1.96 bits per heavy atom. The van der Waals surface area contributed by atoms with E-state index >= 15 is 0 Å². The van der Waals surface area contributed by atoms with Gasteiger partial charge >= 0.3 is 5.97 Å². The van der Waals surface area contributed by atoms with E-state index in [0.717, 1.165) is 0 Å². The molecule has 128 valence electrons. The molecular weight excluding hydrogens is 326 g/mol. The van der Waals surface area contributed by atoms with Crippen molar-refractivity contribution in [2.45, 2.75) is 13.0 Å². The van der Waals surface area contributed by atoms with Gasteiger partial charge in [0.2, 0.25) is 0 Å². The molecule has 0 unspecified atom stereocenters. The van der Waals surface area contributed by atoms with E-state index in [2.05, 4.69) is 5.32 Å². The van der Waals surface area contributed by atoms with Crippen LogP contribution >= 0.6 is 0 Å². The minimum Gasteiger partial charge on any atom is -0.504 e. The summed E-state index contributed by atoms with van der Waals surface area (Å²) in [6.07, 6.45) is -0.126. The zero-order chi connectivity index (χ0) is 18.0. The molecule has 2 N–H and O–H groups in total. The van der Waals surface area contributed by atoms with E-state index < -0.39 is 17.8 Å². The van der Waals surface area contributed by atoms with Gasteiger partial charge in [0.25, 0.3) is 11.8 Å². The first-order chi connectivity index (χ1) is 12.0. The van der Waals surface area contributed by atoms with Crippen LogP contribution in [0.5, 0.6) is 11.5 Å². The topological polar surface area (TPSA) is 102 Å². The molecule has 1 heterocycles. The third-order valence-electron chi connectivity index (χ3n) is 3.83. The lowest BCUT2D eigenvalue weighted by Gasteiger charge is -2.09. The summed E-state index contributed by atoms with van der Waals surface area (Å²) >= 11 is 0. The maximum Gasteiger partial charge on any atom is 0.310 e. The van der Waals surface area contributed by atoms with E-state index in [0.29, 0.717) is 11.1 Å². The Kier molecular flexibility index (Phi) is 4.38. The second-order valence-corrected chi connectivity index (χ2v) is 5.47. The molecule has 25 heavy (non-hydrogen) atoms. The van der Waals surface area contributed by atoms with Gasteiger partial charge in [-0.3, -0.25) is 19.7 Å². The number of aromatic hydroxyl groups is 1. The number of carbonyl (C=O) groups excluding carboxylic acids is 3. The molecule has 1 aliphatic heterocycles. The highest BCUT2D eigenvalue weighted by Crippen LogP contribution is 2.26. The lowest BCUT2D eigenvalue weighted by atomic mass is 10.0. The van der Waals surface area contributed by atoms with Gasteiger partial charge in [-0.05, 0) is 29.3 Å². The quantitative estimate of drug-likeness (QED) is 0.632. The van der Waals surface area contributed by atoms with Crippen LogP contribution in [-0.4, -0.2) is 30.0 Å². The molecular formula is C18H15NO6. The number of methoxy groups -OCH3 is 1. The van der Waals surface area contributed by atoms with Crippen molar-refractivity contribution in [2.75, 3.05) is 7.11 Å². The smallest absolute Gasteiger partial charge is 0.310 e. The van der Waals surface area contributed by atoms with Crippen molar-refractivity contribution in [1.82, 2.24) is 5.32 Å². The molecule has 1 aliphatic rings. The molecule has 3 rings (SSSR count). The summed E-state index contributed by atoms with van der Waals surface area (Å²) in [6, 6.07) is 9.38. The average molecular weight is 341 g/mol. The van der Waals surface area contributed by atoms with E-state index in [9.17, 15) is 19.5 Å². The zero-order valence-corrected chi connectivity index (χ0v) is 13.4. The van der Waals surface area contributed by atoms with E-state index in [1.807, 2.05) is 0 Å². The molecule has 0 aliphatic carbocycles. The molecule has 2 aromatic rings. The first-order valence-electron chi connectivity index (χ1n) is 7.48. The van der Waals surface area contributed by atoms with Crippen LogP contribution in [0.3, 0.4) is 0 Å². The van der Waals surface area contributed by atoms with Gasteiger partial charge in [0.15, 0.2) is 11.5 Å². The van der Waals surface area contributed by atoms with Gasteiger partial charge in [-0.15, -0.1) is 0 Å². The third kappa shape index (κ3) is 3.30. The number of amides is 2. The summed E-state index contributed by atoms with van der Waals surface area (Å²) in [7, 11) is 1.42. The predicted octanol–water partition coefficient (Wildman–Crippen LogP) is 1.57. The van der Waals surface area contributed by atoms with Crippen LogP contribution in [0.2, 0.25) is 0 Å². The Hall–Kier alpha value is -3.35. The summed E-state index contributed by atoms with van der Waals surface area (Å²) in [6.45, 7) is -0.00434. The molecule has 0 bridgehead atoms. The fourth-order valence-electron chi connectivity index (χ4n) is 2.62. The zero-order valence-electron chi connectivity index (χ0n) is 13.4. The average Bonchev–Trinajstić information content (AvgIpc) is 2.89. The highest BCUT2D eigenvalue weighted by atomic mass is 16.5. The Morgan fingerprint density at radius 1 is 1.16 bits per heavy atom. The van der Waals surface area contributed by atoms with Crippen molar-refractivity contribution >= 4 is 17.8 Å². The lowest BCUT2D eigenvalue weighted by molar-refractivity contribution is -0.144. The van der Waals surface area contributed by atoms with Crippen LogP contribution in [0, 0.1) is 0 Å². The highest BCUT2D eigenvalue weighted by Gasteiger charge is 2.29. The number of nitrogens with one attached hydrogen (secondary N) is 1. The van der Waals surface area contributed by atoms with Crippen LogP contribution < -0.4 is 10.1 Å². The molecule has 0 aromatic heterocycles. The Morgan fingerprint density at radius 3 is 2.72 bits per heavy atom. The van der Waals surface area contributed by atoms with Gasteiger partial charge < -0.3 is 14.6 Å². The summed E-state index contributed by atoms with van der Waals surface area (Å²) in [4.78, 5) is 35.5. The standard InChI is InChI=1S/C18H15NO6/c1-24-14-7-10(5-6-13(14)20)9-25-15(21)8-11-3-2-4-12-16(11)18(23)19-17(12)22/h2-7,20H,8-9H2,1H3,(H,19,22,23). The van der Waals surface area contributed by atoms with E-state index in [-0.39, 0.29) is 35.7 Å². The van der Waals surface area contributed by atoms with Gasteiger partial charge in [-0.2, -0.15) is 0 Å². The van der Waals surface area contributed by atoms with E-state index in [1.54, 1.807) is 24.3 Å². The third-order valence-corrected chi connectivity index (χ3v) is 3.83. The molecule has 0 spiro atoms. The normalized spacial score (nSPS) is 12.5. The monoisotopic (exact) mass is 341 g/mol. The number of esters is 1. The molecule has 7 heteroatoms. The lowest BCUT2D eigenvalue weighted by Crippen LogP contribution is -2.20. The van der Waals surface area contributed by atoms with Crippen molar-refractivity contribution in [2.24, 2.45) is 0 Å². The highest BCUT2D eigenvalue weighted by molar-refractivity contribution is 6.22. The Labute approximate surface area is 143 Å². The molecule has 0 saturated carbocycles. The second kappa shape index (κ2) is 6.64. The first kappa shape index (κ1) is 16.5. The van der Waals surface area contributed by atoms with Gasteiger partial charge in [0.1, 0.15) is 6.61 Å². The number of fused-ring (bicyclic) bond motifs is 1. The molecule has 7 nitrogen and oxygen atoms in total. The number of phenols is 1. The molecule has 0 radical (unpaired) electrons. The number of hydrogen-bond donors (Lipinski definition) is 2. The van der Waals surface area contributed by atoms with E-state index in [1.165, 1.54) is 19.2 Å². The van der Waals surface area contributed by atoms with Crippen LogP contribution in [0.15, 0.2) is 36.4 Å². The first-order valence-corrected chi connectivity index (χ1v) is 7.48. The molecule has 2 amide bonds. The van der Waals surface area contributed by atoms with Gasteiger partial charge in [-0.25, -0.2) is 0 Å². The van der Waals surface area contributed by atoms with Gasteiger partial charge in [-0.1, -0.05) is 18.2 Å². The summed E-state index contributed by atoms with van der Waals surface area (Å²) in [5.41, 5.74) is 1.57. The van der Waals surface area contributed by atoms with Crippen molar-refractivity contribution in [3.05, 3.63) is 58.7 Å². The number of ether oxygens (including phenoxy) is 2. The van der Waals surface area contributed by atoms with Crippen molar-refractivity contribution < 1.29 is 29.0 Å². The van der Waals surface area contributed by atoms with Crippen LogP contribution in [-0.2, 0) is 22.6 Å². The summed E-state index contributed by atoms with van der Waals surface area (Å²) < 4.78 is 10.2. The number of benzene rings is 2. The Bertz CT molecular complexity index is 874. The fourth-order valence-corrected chi connectivity index (χ4v) is 2.62. The van der Waals surface area contributed by atoms with Crippen molar-refractivity contribution in [1.29, 1.82) is 0 Å². The molecule has 2 aromatic carbocycles. The minimum atomic E-state index is -0.535. The van der Waals surface area contributed by atoms with E-state index in [4.69, 9.17) is 9.47 Å². The fraction of sp³-hybridized carbons (Fsp3) is 0.167. The minimum absolute atomic E-state index is 0.00434. The van der Waals surface area contributed by atoms with Crippen LogP contribution in [0.25, 0.3) is 0 Å².